The third-order valence-electron chi connectivity index (χ3n) is 3.51. The zero-order chi connectivity index (χ0) is 13.3. The van der Waals surface area contributed by atoms with Crippen LogP contribution in [0.4, 0.5) is 9.59 Å². The summed E-state index contributed by atoms with van der Waals surface area (Å²) in [5.74, 6) is -0.212. The summed E-state index contributed by atoms with van der Waals surface area (Å²) in [4.78, 5) is 37.7. The summed E-state index contributed by atoms with van der Waals surface area (Å²) in [6, 6.07) is -0.371. The van der Waals surface area contributed by atoms with E-state index in [1.807, 2.05) is 0 Å². The third-order valence-corrected chi connectivity index (χ3v) is 3.51. The molecule has 1 spiro atoms. The molecule has 0 radical (unpaired) electrons. The van der Waals surface area contributed by atoms with Gasteiger partial charge in [-0.3, -0.25) is 9.69 Å². The van der Waals surface area contributed by atoms with Crippen molar-refractivity contribution in [2.24, 2.45) is 0 Å². The second-order valence-corrected chi connectivity index (χ2v) is 4.56. The van der Waals surface area contributed by atoms with Gasteiger partial charge in [-0.05, 0) is 19.8 Å². The molecule has 7 nitrogen and oxygen atoms in total. The van der Waals surface area contributed by atoms with Gasteiger partial charge < -0.3 is 15.0 Å². The minimum atomic E-state index is -0.825. The standard InChI is InChI=1S/C11H17N3O4/c1-3-18-10(17)14-6-4-11(5-7-14)8(15)13(2)9(16)12-11/h3-7H2,1-2H3,(H,12,16). The molecule has 0 aromatic rings. The number of amides is 4. The molecule has 2 aliphatic rings. The van der Waals surface area contributed by atoms with Gasteiger partial charge in [0.05, 0.1) is 6.61 Å². The number of carbonyl (C=O) groups is 3. The fourth-order valence-corrected chi connectivity index (χ4v) is 2.38. The van der Waals surface area contributed by atoms with Gasteiger partial charge in [-0.15, -0.1) is 0 Å². The van der Waals surface area contributed by atoms with Crippen LogP contribution in [0.15, 0.2) is 0 Å². The molecule has 0 unspecified atom stereocenters. The van der Waals surface area contributed by atoms with Gasteiger partial charge in [0, 0.05) is 20.1 Å². The molecule has 1 N–H and O–H groups in total. The predicted octanol–water partition coefficient (Wildman–Crippen LogP) is 0.159. The van der Waals surface area contributed by atoms with E-state index in [4.69, 9.17) is 4.74 Å². The number of likely N-dealkylation sites (tertiary alicyclic amines) is 1. The van der Waals surface area contributed by atoms with Gasteiger partial charge in [0.2, 0.25) is 0 Å². The highest BCUT2D eigenvalue weighted by Crippen LogP contribution is 2.28. The Morgan fingerprint density at radius 2 is 2.00 bits per heavy atom. The maximum Gasteiger partial charge on any atom is 0.409 e. The van der Waals surface area contributed by atoms with Crippen LogP contribution in [-0.2, 0) is 9.53 Å². The Hall–Kier alpha value is -1.79. The van der Waals surface area contributed by atoms with Gasteiger partial charge in [-0.2, -0.15) is 0 Å². The number of piperidine rings is 1. The Kier molecular flexibility index (Phi) is 3.14. The fourth-order valence-electron chi connectivity index (χ4n) is 2.38. The van der Waals surface area contributed by atoms with Gasteiger partial charge in [-0.1, -0.05) is 0 Å². The lowest BCUT2D eigenvalue weighted by Crippen LogP contribution is -2.55. The van der Waals surface area contributed by atoms with Crippen LogP contribution in [0.25, 0.3) is 0 Å². The molecule has 0 atom stereocenters. The normalized spacial score (nSPS) is 22.3. The summed E-state index contributed by atoms with van der Waals surface area (Å²) in [5.41, 5.74) is -0.825. The Morgan fingerprint density at radius 3 is 2.44 bits per heavy atom. The van der Waals surface area contributed by atoms with E-state index in [0.717, 1.165) is 4.90 Å². The number of urea groups is 1. The summed E-state index contributed by atoms with van der Waals surface area (Å²) >= 11 is 0. The first-order chi connectivity index (χ1) is 8.50. The monoisotopic (exact) mass is 255 g/mol. The van der Waals surface area contributed by atoms with E-state index in [2.05, 4.69) is 5.32 Å². The SMILES string of the molecule is CCOC(=O)N1CCC2(CC1)NC(=O)N(C)C2=O. The highest BCUT2D eigenvalue weighted by Gasteiger charge is 2.51. The summed E-state index contributed by atoms with van der Waals surface area (Å²) in [6.45, 7) is 2.91. The molecule has 2 aliphatic heterocycles. The number of nitrogens with zero attached hydrogens (tertiary/aromatic N) is 2. The number of rotatable bonds is 1. The van der Waals surface area contributed by atoms with Crippen molar-refractivity contribution in [1.82, 2.24) is 15.1 Å². The second kappa shape index (κ2) is 4.47. The number of ether oxygens (including phenoxy) is 1. The van der Waals surface area contributed by atoms with E-state index < -0.39 is 5.54 Å². The van der Waals surface area contributed by atoms with Crippen LogP contribution in [0.3, 0.4) is 0 Å². The van der Waals surface area contributed by atoms with Crippen LogP contribution in [0.1, 0.15) is 19.8 Å². The lowest BCUT2D eigenvalue weighted by Gasteiger charge is -2.36. The molecule has 2 rings (SSSR count). The van der Waals surface area contributed by atoms with E-state index in [-0.39, 0.29) is 18.0 Å². The van der Waals surface area contributed by atoms with Crippen LogP contribution >= 0.6 is 0 Å². The summed E-state index contributed by atoms with van der Waals surface area (Å²) in [5, 5.41) is 2.72. The van der Waals surface area contributed by atoms with E-state index >= 15 is 0 Å². The molecule has 18 heavy (non-hydrogen) atoms. The average Bonchev–Trinajstić information content (AvgIpc) is 2.56. The van der Waals surface area contributed by atoms with Crippen molar-refractivity contribution in [2.45, 2.75) is 25.3 Å². The number of nitrogens with one attached hydrogen (secondary N) is 1. The topological polar surface area (TPSA) is 79.0 Å². The lowest BCUT2D eigenvalue weighted by molar-refractivity contribution is -0.131. The largest absolute Gasteiger partial charge is 0.450 e. The molecular weight excluding hydrogens is 238 g/mol. The second-order valence-electron chi connectivity index (χ2n) is 4.56. The highest BCUT2D eigenvalue weighted by molar-refractivity contribution is 6.06. The van der Waals surface area contributed by atoms with Crippen molar-refractivity contribution < 1.29 is 19.1 Å². The average molecular weight is 255 g/mol. The number of hydrogen-bond acceptors (Lipinski definition) is 4. The zero-order valence-corrected chi connectivity index (χ0v) is 10.6. The van der Waals surface area contributed by atoms with Crippen LogP contribution < -0.4 is 5.32 Å². The molecule has 0 aliphatic carbocycles. The maximum atomic E-state index is 12.0. The first-order valence-corrected chi connectivity index (χ1v) is 6.02. The van der Waals surface area contributed by atoms with Gasteiger partial charge in [-0.25, -0.2) is 9.59 Å². The highest BCUT2D eigenvalue weighted by atomic mass is 16.6. The van der Waals surface area contributed by atoms with E-state index in [9.17, 15) is 14.4 Å². The van der Waals surface area contributed by atoms with Crippen LogP contribution in [0, 0.1) is 0 Å². The van der Waals surface area contributed by atoms with Crippen LogP contribution in [0.5, 0.6) is 0 Å². The number of imide groups is 1. The molecular formula is C11H17N3O4. The lowest BCUT2D eigenvalue weighted by atomic mass is 9.88. The van der Waals surface area contributed by atoms with Gasteiger partial charge in [0.15, 0.2) is 0 Å². The van der Waals surface area contributed by atoms with Crippen molar-refractivity contribution >= 4 is 18.0 Å². The van der Waals surface area contributed by atoms with Crippen molar-refractivity contribution in [2.75, 3.05) is 26.7 Å². The predicted molar refractivity (Wildman–Crippen MR) is 61.9 cm³/mol. The zero-order valence-electron chi connectivity index (χ0n) is 10.6. The van der Waals surface area contributed by atoms with Crippen LogP contribution in [0.2, 0.25) is 0 Å². The minimum Gasteiger partial charge on any atom is -0.450 e. The molecule has 100 valence electrons. The van der Waals surface area contributed by atoms with E-state index in [1.165, 1.54) is 7.05 Å². The van der Waals surface area contributed by atoms with Gasteiger partial charge in [0.1, 0.15) is 5.54 Å². The molecule has 4 amide bonds. The minimum absolute atomic E-state index is 0.212. The molecule has 2 heterocycles. The number of likely N-dealkylation sites (N-methyl/N-ethyl adjacent to an activating group) is 1. The number of carbonyl (C=O) groups excluding carboxylic acids is 3. The van der Waals surface area contributed by atoms with Crippen molar-refractivity contribution in [1.29, 1.82) is 0 Å². The van der Waals surface area contributed by atoms with Crippen molar-refractivity contribution in [3.63, 3.8) is 0 Å². The maximum absolute atomic E-state index is 12.0. The summed E-state index contributed by atoms with van der Waals surface area (Å²) in [7, 11) is 1.46. The number of hydrogen-bond donors (Lipinski definition) is 1. The van der Waals surface area contributed by atoms with Crippen LogP contribution in [-0.4, -0.2) is 60.1 Å². The first-order valence-electron chi connectivity index (χ1n) is 6.02. The molecule has 7 heteroatoms. The third kappa shape index (κ3) is 1.89. The Labute approximate surface area is 105 Å². The Balaban J connectivity index is 2.00. The molecule has 0 saturated carbocycles. The smallest absolute Gasteiger partial charge is 0.409 e. The first kappa shape index (κ1) is 12.7. The quantitative estimate of drug-likeness (QED) is 0.677. The molecule has 2 saturated heterocycles. The fraction of sp³-hybridized carbons (Fsp3) is 0.727. The summed E-state index contributed by atoms with van der Waals surface area (Å²) < 4.78 is 4.91. The van der Waals surface area contributed by atoms with Gasteiger partial charge >= 0.3 is 12.1 Å². The Bertz CT molecular complexity index is 388. The molecule has 0 bridgehead atoms. The van der Waals surface area contributed by atoms with Gasteiger partial charge in [0.25, 0.3) is 5.91 Å². The van der Waals surface area contributed by atoms with Crippen molar-refractivity contribution in [3.8, 4) is 0 Å². The van der Waals surface area contributed by atoms with Crippen molar-refractivity contribution in [3.05, 3.63) is 0 Å². The summed E-state index contributed by atoms with van der Waals surface area (Å²) in [6.07, 6.45) is 0.499. The van der Waals surface area contributed by atoms with E-state index in [0.29, 0.717) is 32.5 Å². The van der Waals surface area contributed by atoms with E-state index in [1.54, 1.807) is 11.8 Å². The molecule has 0 aromatic carbocycles. The Morgan fingerprint density at radius 1 is 1.39 bits per heavy atom. The molecule has 0 aromatic heterocycles. The molecule has 2 fully saturated rings.